The Morgan fingerprint density at radius 2 is 1.81 bits per heavy atom. The van der Waals surface area contributed by atoms with Gasteiger partial charge in [0.15, 0.2) is 0 Å². The molecule has 0 radical (unpaired) electrons. The molecule has 0 saturated carbocycles. The lowest BCUT2D eigenvalue weighted by molar-refractivity contribution is -0.122. The van der Waals surface area contributed by atoms with Gasteiger partial charge in [-0.3, -0.25) is 4.79 Å². The molecule has 1 saturated heterocycles. The van der Waals surface area contributed by atoms with Crippen LogP contribution in [0.2, 0.25) is 0 Å². The number of amides is 1. The van der Waals surface area contributed by atoms with E-state index in [2.05, 4.69) is 41.4 Å². The van der Waals surface area contributed by atoms with Gasteiger partial charge in [0.2, 0.25) is 5.91 Å². The lowest BCUT2D eigenvalue weighted by atomic mass is 10.0. The van der Waals surface area contributed by atoms with Crippen molar-refractivity contribution in [2.24, 2.45) is 0 Å². The van der Waals surface area contributed by atoms with Crippen LogP contribution >= 0.6 is 0 Å². The summed E-state index contributed by atoms with van der Waals surface area (Å²) in [5.74, 6) is 0.355. The average Bonchev–Trinajstić information content (AvgIpc) is 2.59. The zero-order valence-corrected chi connectivity index (χ0v) is 16.9. The fourth-order valence-corrected chi connectivity index (χ4v) is 3.85. The fourth-order valence-electron chi connectivity index (χ4n) is 3.27. The second kappa shape index (κ2) is 10.1. The first-order valence-electron chi connectivity index (χ1n) is 9.57. The molecule has 0 bridgehead atoms. The monoisotopic (exact) mass is 380 g/mol. The number of sulfone groups is 1. The largest absolute Gasteiger partial charge is 0.353 e. The van der Waals surface area contributed by atoms with Crippen molar-refractivity contribution in [3.05, 3.63) is 35.4 Å². The van der Waals surface area contributed by atoms with Crippen LogP contribution in [0.25, 0.3) is 0 Å². The van der Waals surface area contributed by atoms with Gasteiger partial charge in [-0.2, -0.15) is 0 Å². The molecular weight excluding hydrogens is 348 g/mol. The summed E-state index contributed by atoms with van der Waals surface area (Å²) in [6, 6.07) is 8.81. The Morgan fingerprint density at radius 1 is 1.15 bits per heavy atom. The van der Waals surface area contributed by atoms with Crippen molar-refractivity contribution in [2.75, 3.05) is 31.6 Å². The van der Waals surface area contributed by atoms with E-state index in [0.717, 1.165) is 45.2 Å². The zero-order chi connectivity index (χ0) is 19.0. The number of carbonyl (C=O) groups is 1. The SMILES string of the molecule is Cc1ccc(CCCCC(=O)NC2CCN(CCS(C)(=O)=O)CC2)cc1. The Hall–Kier alpha value is -1.40. The fraction of sp³-hybridized carbons (Fsp3) is 0.650. The maximum Gasteiger partial charge on any atom is 0.220 e. The number of piperidine rings is 1. The zero-order valence-electron chi connectivity index (χ0n) is 16.0. The molecule has 0 aliphatic carbocycles. The van der Waals surface area contributed by atoms with Crippen LogP contribution in [-0.2, 0) is 21.1 Å². The molecule has 2 rings (SSSR count). The van der Waals surface area contributed by atoms with Crippen LogP contribution in [0.1, 0.15) is 43.2 Å². The summed E-state index contributed by atoms with van der Waals surface area (Å²) in [5.41, 5.74) is 2.60. The van der Waals surface area contributed by atoms with Gasteiger partial charge in [-0.1, -0.05) is 29.8 Å². The van der Waals surface area contributed by atoms with Crippen molar-refractivity contribution in [1.82, 2.24) is 10.2 Å². The van der Waals surface area contributed by atoms with Crippen LogP contribution in [0.4, 0.5) is 0 Å². The Bertz CT molecular complexity index is 663. The van der Waals surface area contributed by atoms with Gasteiger partial charge in [-0.15, -0.1) is 0 Å². The normalized spacial score (nSPS) is 16.5. The molecule has 1 aromatic carbocycles. The van der Waals surface area contributed by atoms with E-state index < -0.39 is 9.84 Å². The van der Waals surface area contributed by atoms with Gasteiger partial charge in [0.05, 0.1) is 5.75 Å². The third kappa shape index (κ3) is 8.32. The van der Waals surface area contributed by atoms with Gasteiger partial charge < -0.3 is 10.2 Å². The molecule has 1 N–H and O–H groups in total. The molecule has 6 heteroatoms. The number of rotatable bonds is 9. The van der Waals surface area contributed by atoms with Crippen molar-refractivity contribution in [2.45, 2.75) is 51.5 Å². The number of nitrogens with zero attached hydrogens (tertiary/aromatic N) is 1. The predicted molar refractivity (Wildman–Crippen MR) is 106 cm³/mol. The van der Waals surface area contributed by atoms with Crippen molar-refractivity contribution in [3.8, 4) is 0 Å². The highest BCUT2D eigenvalue weighted by Crippen LogP contribution is 2.12. The third-order valence-corrected chi connectivity index (χ3v) is 5.90. The molecule has 0 spiro atoms. The van der Waals surface area contributed by atoms with E-state index in [-0.39, 0.29) is 17.7 Å². The molecule has 1 aliphatic rings. The maximum atomic E-state index is 12.1. The van der Waals surface area contributed by atoms with Crippen molar-refractivity contribution < 1.29 is 13.2 Å². The Kier molecular flexibility index (Phi) is 8.10. The average molecular weight is 381 g/mol. The molecule has 1 amide bonds. The number of likely N-dealkylation sites (tertiary alicyclic amines) is 1. The number of hydrogen-bond acceptors (Lipinski definition) is 4. The molecule has 146 valence electrons. The standard InChI is InChI=1S/C20H32N2O3S/c1-17-7-9-18(10-8-17)5-3-4-6-20(23)21-19-11-13-22(14-12-19)15-16-26(2,24)25/h7-10,19H,3-6,11-16H2,1-2H3,(H,21,23). The molecule has 1 aliphatic heterocycles. The first-order chi connectivity index (χ1) is 12.3. The second-order valence-electron chi connectivity index (χ2n) is 7.51. The molecule has 0 atom stereocenters. The van der Waals surface area contributed by atoms with Gasteiger partial charge in [-0.05, 0) is 44.6 Å². The lowest BCUT2D eigenvalue weighted by Gasteiger charge is -2.32. The summed E-state index contributed by atoms with van der Waals surface area (Å²) in [6.07, 6.45) is 6.62. The van der Waals surface area contributed by atoms with E-state index in [9.17, 15) is 13.2 Å². The Morgan fingerprint density at radius 3 is 2.42 bits per heavy atom. The first kappa shape index (κ1) is 20.9. The number of carbonyl (C=O) groups excluding carboxylic acids is 1. The minimum Gasteiger partial charge on any atom is -0.353 e. The molecule has 0 aromatic heterocycles. The number of aryl methyl sites for hydroxylation is 2. The molecule has 0 unspecified atom stereocenters. The van der Waals surface area contributed by atoms with Crippen molar-refractivity contribution in [1.29, 1.82) is 0 Å². The Labute approximate surface area is 158 Å². The van der Waals surface area contributed by atoms with Crippen LogP contribution in [-0.4, -0.2) is 56.9 Å². The van der Waals surface area contributed by atoms with Gasteiger partial charge in [0.1, 0.15) is 9.84 Å². The van der Waals surface area contributed by atoms with Crippen molar-refractivity contribution in [3.63, 3.8) is 0 Å². The van der Waals surface area contributed by atoms with Crippen molar-refractivity contribution >= 4 is 15.7 Å². The van der Waals surface area contributed by atoms with E-state index in [0.29, 0.717) is 13.0 Å². The topological polar surface area (TPSA) is 66.5 Å². The number of unbranched alkanes of at least 4 members (excludes halogenated alkanes) is 1. The molecule has 1 fully saturated rings. The van der Waals surface area contributed by atoms with E-state index in [1.807, 2.05) is 0 Å². The second-order valence-corrected chi connectivity index (χ2v) is 9.77. The van der Waals surface area contributed by atoms with E-state index in [4.69, 9.17) is 0 Å². The summed E-state index contributed by atoms with van der Waals surface area (Å²) >= 11 is 0. The number of hydrogen-bond donors (Lipinski definition) is 1. The number of nitrogens with one attached hydrogen (secondary N) is 1. The molecule has 26 heavy (non-hydrogen) atoms. The van der Waals surface area contributed by atoms with Crippen LogP contribution < -0.4 is 5.32 Å². The number of benzene rings is 1. The Balaban J connectivity index is 1.56. The molecule has 1 aromatic rings. The summed E-state index contributed by atoms with van der Waals surface area (Å²) < 4.78 is 22.5. The lowest BCUT2D eigenvalue weighted by Crippen LogP contribution is -2.45. The predicted octanol–water partition coefficient (Wildman–Crippen LogP) is 2.33. The summed E-state index contributed by atoms with van der Waals surface area (Å²) in [4.78, 5) is 14.3. The van der Waals surface area contributed by atoms with Crippen LogP contribution in [0.5, 0.6) is 0 Å². The summed E-state index contributed by atoms with van der Waals surface area (Å²) in [5, 5.41) is 3.13. The van der Waals surface area contributed by atoms with E-state index in [1.165, 1.54) is 17.4 Å². The third-order valence-electron chi connectivity index (χ3n) is 4.97. The minimum absolute atomic E-state index is 0.142. The van der Waals surface area contributed by atoms with Crippen LogP contribution in [0.15, 0.2) is 24.3 Å². The summed E-state index contributed by atoms with van der Waals surface area (Å²) in [7, 11) is -2.90. The van der Waals surface area contributed by atoms with E-state index >= 15 is 0 Å². The smallest absolute Gasteiger partial charge is 0.220 e. The molecule has 5 nitrogen and oxygen atoms in total. The van der Waals surface area contributed by atoms with Gasteiger partial charge >= 0.3 is 0 Å². The van der Waals surface area contributed by atoms with Gasteiger partial charge in [0, 0.05) is 38.4 Å². The highest BCUT2D eigenvalue weighted by molar-refractivity contribution is 7.90. The summed E-state index contributed by atoms with van der Waals surface area (Å²) in [6.45, 7) is 4.39. The highest BCUT2D eigenvalue weighted by Gasteiger charge is 2.21. The molecular formula is C20H32N2O3S. The van der Waals surface area contributed by atoms with Crippen LogP contribution in [0, 0.1) is 6.92 Å². The van der Waals surface area contributed by atoms with Gasteiger partial charge in [-0.25, -0.2) is 8.42 Å². The maximum absolute atomic E-state index is 12.1. The molecule has 1 heterocycles. The highest BCUT2D eigenvalue weighted by atomic mass is 32.2. The van der Waals surface area contributed by atoms with Gasteiger partial charge in [0.25, 0.3) is 0 Å². The van der Waals surface area contributed by atoms with Crippen LogP contribution in [0.3, 0.4) is 0 Å². The first-order valence-corrected chi connectivity index (χ1v) is 11.6. The quantitative estimate of drug-likeness (QED) is 0.668. The van der Waals surface area contributed by atoms with E-state index in [1.54, 1.807) is 0 Å². The minimum atomic E-state index is -2.90.